The van der Waals surface area contributed by atoms with Gasteiger partial charge in [0, 0.05) is 19.6 Å². The molecule has 2 aliphatic carbocycles. The number of carbonyl (C=O) groups is 1. The van der Waals surface area contributed by atoms with Crippen molar-refractivity contribution in [2.45, 2.75) is 115 Å². The first kappa shape index (κ1) is 33.3. The minimum absolute atomic E-state index is 0.253. The molecule has 0 radical (unpaired) electrons. The molecule has 0 bridgehead atoms. The summed E-state index contributed by atoms with van der Waals surface area (Å²) < 4.78 is 5.28. The zero-order valence-electron chi connectivity index (χ0n) is 26.2. The largest absolute Gasteiger partial charge is 0.396 e. The number of allylic oxidation sites excluding steroid dienone is 1. The van der Waals surface area contributed by atoms with Crippen LogP contribution in [0.2, 0.25) is 0 Å². The fourth-order valence-corrected chi connectivity index (χ4v) is 6.97. The van der Waals surface area contributed by atoms with Crippen molar-refractivity contribution in [3.8, 4) is 0 Å². The van der Waals surface area contributed by atoms with Gasteiger partial charge in [0.1, 0.15) is 6.29 Å². The number of rotatable bonds is 13. The molecule has 226 valence electrons. The molecule has 2 aliphatic rings. The Hall–Kier alpha value is -2.23. The first-order valence-electron chi connectivity index (χ1n) is 16.4. The topological polar surface area (TPSA) is 46.5 Å². The fraction of sp³-hybridized carbons (Fsp3) is 0.605. The van der Waals surface area contributed by atoms with Crippen LogP contribution in [0.5, 0.6) is 0 Å². The molecular weight excluding hydrogens is 504 g/mol. The van der Waals surface area contributed by atoms with Crippen molar-refractivity contribution in [1.29, 1.82) is 0 Å². The van der Waals surface area contributed by atoms with Crippen LogP contribution >= 0.6 is 0 Å². The summed E-state index contributed by atoms with van der Waals surface area (Å²) in [4.78, 5) is 9.41. The molecule has 2 saturated carbocycles. The smallest absolute Gasteiger partial charge is 0.145 e. The molecule has 1 atom stereocenters. The van der Waals surface area contributed by atoms with Crippen molar-refractivity contribution in [1.82, 2.24) is 0 Å². The van der Waals surface area contributed by atoms with E-state index in [1.807, 2.05) is 0 Å². The lowest BCUT2D eigenvalue weighted by Gasteiger charge is -2.31. The summed E-state index contributed by atoms with van der Waals surface area (Å²) in [5.41, 5.74) is 6.74. The lowest BCUT2D eigenvalue weighted by Crippen LogP contribution is -2.21. The first-order chi connectivity index (χ1) is 20.0. The molecule has 1 unspecified atom stereocenters. The highest BCUT2D eigenvalue weighted by atomic mass is 16.5. The van der Waals surface area contributed by atoms with Crippen LogP contribution in [0, 0.1) is 11.8 Å². The second-order valence-electron chi connectivity index (χ2n) is 12.8. The Morgan fingerprint density at radius 3 is 1.68 bits per heavy atom. The number of benzene rings is 2. The summed E-state index contributed by atoms with van der Waals surface area (Å²) in [6.45, 7) is 8.18. The molecular formula is C38H56O3. The molecule has 2 aromatic rings. The molecule has 0 amide bonds. The van der Waals surface area contributed by atoms with E-state index in [1.54, 1.807) is 30.7 Å². The number of aryl methyl sites for hydroxylation is 1. The van der Waals surface area contributed by atoms with Crippen molar-refractivity contribution < 1.29 is 14.6 Å². The Morgan fingerprint density at radius 1 is 0.854 bits per heavy atom. The monoisotopic (exact) mass is 560 g/mol. The lowest BCUT2D eigenvalue weighted by atomic mass is 9.74. The molecule has 1 N–H and O–H groups in total. The van der Waals surface area contributed by atoms with Crippen LogP contribution in [0.4, 0.5) is 0 Å². The van der Waals surface area contributed by atoms with E-state index >= 15 is 0 Å². The van der Waals surface area contributed by atoms with Gasteiger partial charge in [0.15, 0.2) is 0 Å². The highest BCUT2D eigenvalue weighted by Crippen LogP contribution is 2.42. The predicted octanol–water partition coefficient (Wildman–Crippen LogP) is 9.54. The standard InChI is InChI=1S/C34H50O2.C4H6O/c1-3-4-5-6-26-7-11-29(12-8-26)31-15-19-33(20-16-31)34-21-17-32(18-22-34)30-13-9-27(10-14-30)23-28(24-35)25-36-2;1-4(2)3-5/h7-8,11-12,17-18,21-22,27-28,30-31,33,35H,3-6,9-10,13-16,19-20,23-25H2,1-2H3;3H,1H2,2H3. The van der Waals surface area contributed by atoms with E-state index in [9.17, 15) is 9.90 Å². The fourth-order valence-electron chi connectivity index (χ4n) is 6.97. The predicted molar refractivity (Wildman–Crippen MR) is 173 cm³/mol. The number of aldehydes is 1. The lowest BCUT2D eigenvalue weighted by molar-refractivity contribution is -0.104. The van der Waals surface area contributed by atoms with Crippen molar-refractivity contribution in [2.24, 2.45) is 11.8 Å². The maximum atomic E-state index is 9.59. The van der Waals surface area contributed by atoms with Gasteiger partial charge < -0.3 is 9.84 Å². The summed E-state index contributed by atoms with van der Waals surface area (Å²) in [5, 5.41) is 9.59. The maximum absolute atomic E-state index is 9.59. The van der Waals surface area contributed by atoms with Crippen LogP contribution in [0.3, 0.4) is 0 Å². The molecule has 4 rings (SSSR count). The molecule has 0 aliphatic heterocycles. The maximum Gasteiger partial charge on any atom is 0.145 e. The number of unbranched alkanes of at least 4 members (excludes halogenated alkanes) is 2. The second kappa shape index (κ2) is 18.3. The number of methoxy groups -OCH3 is 1. The van der Waals surface area contributed by atoms with E-state index in [4.69, 9.17) is 4.74 Å². The Labute approximate surface area is 250 Å². The van der Waals surface area contributed by atoms with Gasteiger partial charge in [0.2, 0.25) is 0 Å². The van der Waals surface area contributed by atoms with Crippen molar-refractivity contribution in [3.63, 3.8) is 0 Å². The minimum Gasteiger partial charge on any atom is -0.396 e. The van der Waals surface area contributed by atoms with Gasteiger partial charge in [-0.15, -0.1) is 0 Å². The Bertz CT molecular complexity index is 993. The summed E-state index contributed by atoms with van der Waals surface area (Å²) in [5.74, 6) is 3.25. The highest BCUT2D eigenvalue weighted by Gasteiger charge is 2.26. The zero-order valence-corrected chi connectivity index (χ0v) is 26.2. The number of aliphatic hydroxyl groups is 1. The molecule has 0 aromatic heterocycles. The summed E-state index contributed by atoms with van der Waals surface area (Å²) in [6, 6.07) is 19.3. The third-order valence-electron chi connectivity index (χ3n) is 9.50. The molecule has 41 heavy (non-hydrogen) atoms. The quantitative estimate of drug-likeness (QED) is 0.151. The van der Waals surface area contributed by atoms with Gasteiger partial charge in [-0.3, -0.25) is 4.79 Å². The van der Waals surface area contributed by atoms with Gasteiger partial charge >= 0.3 is 0 Å². The van der Waals surface area contributed by atoms with Crippen LogP contribution in [0.25, 0.3) is 0 Å². The van der Waals surface area contributed by atoms with Crippen molar-refractivity contribution in [3.05, 3.63) is 82.9 Å². The zero-order chi connectivity index (χ0) is 29.5. The van der Waals surface area contributed by atoms with E-state index in [-0.39, 0.29) is 6.61 Å². The van der Waals surface area contributed by atoms with Crippen molar-refractivity contribution in [2.75, 3.05) is 20.3 Å². The van der Waals surface area contributed by atoms with Crippen LogP contribution in [0.15, 0.2) is 60.7 Å². The molecule has 3 heteroatoms. The number of carbonyl (C=O) groups excluding carboxylic acids is 1. The van der Waals surface area contributed by atoms with Crippen LogP contribution < -0.4 is 0 Å². The second-order valence-corrected chi connectivity index (χ2v) is 12.8. The van der Waals surface area contributed by atoms with Gasteiger partial charge in [-0.2, -0.15) is 0 Å². The van der Waals surface area contributed by atoms with E-state index < -0.39 is 0 Å². The van der Waals surface area contributed by atoms with Crippen LogP contribution in [-0.4, -0.2) is 31.7 Å². The van der Waals surface area contributed by atoms with Gasteiger partial charge in [0.25, 0.3) is 0 Å². The average molecular weight is 561 g/mol. The Balaban J connectivity index is 0.000000850. The van der Waals surface area contributed by atoms with Gasteiger partial charge in [0.05, 0.1) is 6.61 Å². The molecule has 2 aromatic carbocycles. The Morgan fingerprint density at radius 2 is 1.29 bits per heavy atom. The molecule has 0 spiro atoms. The first-order valence-corrected chi connectivity index (χ1v) is 16.4. The van der Waals surface area contributed by atoms with E-state index in [2.05, 4.69) is 62.0 Å². The third-order valence-corrected chi connectivity index (χ3v) is 9.50. The Kier molecular flexibility index (Phi) is 14.9. The van der Waals surface area contributed by atoms with Crippen LogP contribution in [-0.2, 0) is 16.0 Å². The summed E-state index contributed by atoms with van der Waals surface area (Å²) >= 11 is 0. The van der Waals surface area contributed by atoms with E-state index in [1.165, 1.54) is 82.6 Å². The average Bonchev–Trinajstić information content (AvgIpc) is 3.02. The van der Waals surface area contributed by atoms with Gasteiger partial charge in [-0.25, -0.2) is 0 Å². The SMILES string of the molecule is C=C(C)C=O.CCCCCc1ccc(C2CCC(c3ccc(C4CCC(CC(CO)COC)CC4)cc3)CC2)cc1. The molecule has 2 fully saturated rings. The minimum atomic E-state index is 0.253. The summed E-state index contributed by atoms with van der Waals surface area (Å²) in [6.07, 6.45) is 17.5. The highest BCUT2D eigenvalue weighted by molar-refractivity contribution is 5.70. The number of hydrogen-bond acceptors (Lipinski definition) is 3. The van der Waals surface area contributed by atoms with Gasteiger partial charge in [-0.05, 0) is 129 Å². The van der Waals surface area contributed by atoms with Crippen molar-refractivity contribution >= 4 is 6.29 Å². The van der Waals surface area contributed by atoms with E-state index in [0.29, 0.717) is 24.0 Å². The number of aliphatic hydroxyl groups excluding tert-OH is 1. The number of ether oxygens (including phenoxy) is 1. The third kappa shape index (κ3) is 11.2. The molecule has 0 saturated heterocycles. The number of hydrogen-bond donors (Lipinski definition) is 1. The van der Waals surface area contributed by atoms with E-state index in [0.717, 1.165) is 30.5 Å². The molecule has 0 heterocycles. The normalized spacial score (nSPS) is 23.2. The molecule has 3 nitrogen and oxygen atoms in total. The van der Waals surface area contributed by atoms with Crippen LogP contribution in [0.1, 0.15) is 131 Å². The summed E-state index contributed by atoms with van der Waals surface area (Å²) in [7, 11) is 1.74. The van der Waals surface area contributed by atoms with Gasteiger partial charge in [-0.1, -0.05) is 74.9 Å².